The number of rotatable bonds is 5. The van der Waals surface area contributed by atoms with E-state index in [1.165, 1.54) is 16.6 Å². The molecular formula is C15H23FN2O2S. The van der Waals surface area contributed by atoms with Crippen LogP contribution in [-0.4, -0.2) is 38.6 Å². The van der Waals surface area contributed by atoms with E-state index >= 15 is 0 Å². The molecule has 1 aromatic rings. The summed E-state index contributed by atoms with van der Waals surface area (Å²) in [5.41, 5.74) is 0.647. The van der Waals surface area contributed by atoms with Crippen molar-refractivity contribution in [1.29, 1.82) is 0 Å². The van der Waals surface area contributed by atoms with Gasteiger partial charge in [0.2, 0.25) is 10.0 Å². The summed E-state index contributed by atoms with van der Waals surface area (Å²) in [6.45, 7) is 3.78. The Morgan fingerprint density at radius 3 is 2.81 bits per heavy atom. The van der Waals surface area contributed by atoms with Gasteiger partial charge >= 0.3 is 0 Å². The minimum Gasteiger partial charge on any atom is -0.310 e. The highest BCUT2D eigenvalue weighted by Crippen LogP contribution is 2.20. The van der Waals surface area contributed by atoms with Crippen LogP contribution in [0, 0.1) is 11.7 Å². The number of benzene rings is 1. The lowest BCUT2D eigenvalue weighted by molar-refractivity contribution is 0.256. The number of sulfonamides is 1. The number of hydrogen-bond acceptors (Lipinski definition) is 3. The van der Waals surface area contributed by atoms with Crippen LogP contribution in [0.2, 0.25) is 0 Å². The molecule has 2 rings (SSSR count). The molecule has 2 atom stereocenters. The van der Waals surface area contributed by atoms with E-state index in [1.54, 1.807) is 12.1 Å². The largest absolute Gasteiger partial charge is 0.310 e. The standard InChI is InChI=1S/C15H23FN2O2S/c1-12(14-7-3-4-8-15(14)16)17-10-13-6-5-9-18(11-13)21(2,19)20/h3-4,7-8,12-13,17H,5-6,9-11H2,1-2H3/t12-,13?/m1/s1. The lowest BCUT2D eigenvalue weighted by atomic mass is 9.98. The van der Waals surface area contributed by atoms with Crippen LogP contribution in [0.25, 0.3) is 0 Å². The second-order valence-corrected chi connectivity index (χ2v) is 7.76. The molecule has 1 aliphatic rings. The lowest BCUT2D eigenvalue weighted by Crippen LogP contribution is -2.42. The third-order valence-electron chi connectivity index (χ3n) is 4.04. The SMILES string of the molecule is C[C@@H](NCC1CCCN(S(C)(=O)=O)C1)c1ccccc1F. The monoisotopic (exact) mass is 314 g/mol. The second-order valence-electron chi connectivity index (χ2n) is 5.78. The van der Waals surface area contributed by atoms with E-state index in [2.05, 4.69) is 5.32 Å². The first-order valence-electron chi connectivity index (χ1n) is 7.31. The van der Waals surface area contributed by atoms with Crippen molar-refractivity contribution in [1.82, 2.24) is 9.62 Å². The summed E-state index contributed by atoms with van der Waals surface area (Å²) in [6.07, 6.45) is 3.14. The van der Waals surface area contributed by atoms with Crippen LogP contribution in [0.15, 0.2) is 24.3 Å². The number of nitrogens with zero attached hydrogens (tertiary/aromatic N) is 1. The Kier molecular flexibility index (Phi) is 5.35. The summed E-state index contributed by atoms with van der Waals surface area (Å²) in [5.74, 6) is 0.0709. The zero-order valence-corrected chi connectivity index (χ0v) is 13.4. The van der Waals surface area contributed by atoms with E-state index in [1.807, 2.05) is 13.0 Å². The molecule has 6 heteroatoms. The van der Waals surface area contributed by atoms with E-state index in [9.17, 15) is 12.8 Å². The maximum Gasteiger partial charge on any atom is 0.211 e. The normalized spacial score (nSPS) is 22.1. The molecule has 0 saturated carbocycles. The van der Waals surface area contributed by atoms with Gasteiger partial charge in [-0.2, -0.15) is 0 Å². The van der Waals surface area contributed by atoms with Crippen LogP contribution < -0.4 is 5.32 Å². The molecule has 1 N–H and O–H groups in total. The molecule has 1 heterocycles. The first kappa shape index (κ1) is 16.4. The Hall–Kier alpha value is -0.980. The lowest BCUT2D eigenvalue weighted by Gasteiger charge is -2.31. The molecular weight excluding hydrogens is 291 g/mol. The van der Waals surface area contributed by atoms with Crippen molar-refractivity contribution in [3.63, 3.8) is 0 Å². The van der Waals surface area contributed by atoms with Crippen molar-refractivity contribution < 1.29 is 12.8 Å². The van der Waals surface area contributed by atoms with Gasteiger partial charge in [0, 0.05) is 24.7 Å². The number of piperidine rings is 1. The first-order chi connectivity index (χ1) is 9.88. The van der Waals surface area contributed by atoms with Gasteiger partial charge in [0.1, 0.15) is 5.82 Å². The maximum absolute atomic E-state index is 13.7. The van der Waals surface area contributed by atoms with Crippen LogP contribution in [0.3, 0.4) is 0 Å². The van der Waals surface area contributed by atoms with Gasteiger partial charge in [0.05, 0.1) is 6.26 Å². The fourth-order valence-electron chi connectivity index (χ4n) is 2.77. The molecule has 1 aromatic carbocycles. The zero-order valence-electron chi connectivity index (χ0n) is 12.5. The van der Waals surface area contributed by atoms with Gasteiger partial charge in [-0.3, -0.25) is 0 Å². The number of halogens is 1. The molecule has 21 heavy (non-hydrogen) atoms. The molecule has 1 unspecified atom stereocenters. The molecule has 1 aliphatic heterocycles. The molecule has 1 saturated heterocycles. The summed E-state index contributed by atoms with van der Waals surface area (Å²) >= 11 is 0. The van der Waals surface area contributed by atoms with Crippen molar-refractivity contribution in [2.45, 2.75) is 25.8 Å². The van der Waals surface area contributed by atoms with Crippen molar-refractivity contribution in [3.05, 3.63) is 35.6 Å². The van der Waals surface area contributed by atoms with E-state index in [0.29, 0.717) is 25.2 Å². The highest BCUT2D eigenvalue weighted by atomic mass is 32.2. The van der Waals surface area contributed by atoms with Crippen LogP contribution in [-0.2, 0) is 10.0 Å². The van der Waals surface area contributed by atoms with E-state index in [0.717, 1.165) is 12.8 Å². The highest BCUT2D eigenvalue weighted by molar-refractivity contribution is 7.88. The fourth-order valence-corrected chi connectivity index (χ4v) is 3.72. The van der Waals surface area contributed by atoms with E-state index in [-0.39, 0.29) is 17.8 Å². The summed E-state index contributed by atoms with van der Waals surface area (Å²) in [5, 5.41) is 3.32. The van der Waals surface area contributed by atoms with E-state index < -0.39 is 10.0 Å². The van der Waals surface area contributed by atoms with Crippen molar-refractivity contribution in [2.75, 3.05) is 25.9 Å². The Labute approximate surface area is 126 Å². The van der Waals surface area contributed by atoms with Crippen molar-refractivity contribution in [2.24, 2.45) is 5.92 Å². The van der Waals surface area contributed by atoms with Crippen molar-refractivity contribution in [3.8, 4) is 0 Å². The third kappa shape index (κ3) is 4.49. The molecule has 118 valence electrons. The molecule has 0 aromatic heterocycles. The third-order valence-corrected chi connectivity index (χ3v) is 5.30. The van der Waals surface area contributed by atoms with Crippen LogP contribution in [0.1, 0.15) is 31.4 Å². The van der Waals surface area contributed by atoms with Gasteiger partial charge in [0.15, 0.2) is 0 Å². The average Bonchev–Trinajstić information content (AvgIpc) is 2.45. The Morgan fingerprint density at radius 1 is 1.43 bits per heavy atom. The summed E-state index contributed by atoms with van der Waals surface area (Å²) in [6, 6.07) is 6.65. The van der Waals surface area contributed by atoms with Gasteiger partial charge in [-0.25, -0.2) is 17.1 Å². The molecule has 0 radical (unpaired) electrons. The quantitative estimate of drug-likeness (QED) is 0.906. The minimum absolute atomic E-state index is 0.0835. The minimum atomic E-state index is -3.11. The second kappa shape index (κ2) is 6.85. The molecule has 0 aliphatic carbocycles. The van der Waals surface area contributed by atoms with Gasteiger partial charge in [-0.1, -0.05) is 18.2 Å². The Bertz CT molecular complexity index is 577. The molecule has 0 amide bonds. The van der Waals surface area contributed by atoms with Gasteiger partial charge in [-0.15, -0.1) is 0 Å². The average molecular weight is 314 g/mol. The molecule has 4 nitrogen and oxygen atoms in total. The van der Waals surface area contributed by atoms with Crippen LogP contribution in [0.5, 0.6) is 0 Å². The van der Waals surface area contributed by atoms with Crippen LogP contribution >= 0.6 is 0 Å². The molecule has 1 fully saturated rings. The van der Waals surface area contributed by atoms with Crippen molar-refractivity contribution >= 4 is 10.0 Å². The molecule has 0 spiro atoms. The predicted octanol–water partition coefficient (Wildman–Crippen LogP) is 2.15. The zero-order chi connectivity index (χ0) is 15.5. The summed E-state index contributed by atoms with van der Waals surface area (Å²) in [4.78, 5) is 0. The van der Waals surface area contributed by atoms with Gasteiger partial charge in [0.25, 0.3) is 0 Å². The molecule has 0 bridgehead atoms. The summed E-state index contributed by atoms with van der Waals surface area (Å²) < 4.78 is 38.4. The maximum atomic E-state index is 13.7. The fraction of sp³-hybridized carbons (Fsp3) is 0.600. The highest BCUT2D eigenvalue weighted by Gasteiger charge is 2.26. The van der Waals surface area contributed by atoms with Crippen LogP contribution in [0.4, 0.5) is 4.39 Å². The summed E-state index contributed by atoms with van der Waals surface area (Å²) in [7, 11) is -3.11. The first-order valence-corrected chi connectivity index (χ1v) is 9.15. The van der Waals surface area contributed by atoms with Gasteiger partial charge in [-0.05, 0) is 38.3 Å². The predicted molar refractivity (Wildman–Crippen MR) is 82.0 cm³/mol. The smallest absolute Gasteiger partial charge is 0.211 e. The Balaban J connectivity index is 1.90. The van der Waals surface area contributed by atoms with Gasteiger partial charge < -0.3 is 5.32 Å². The number of nitrogens with one attached hydrogen (secondary N) is 1. The topological polar surface area (TPSA) is 49.4 Å². The number of hydrogen-bond donors (Lipinski definition) is 1. The Morgan fingerprint density at radius 2 is 2.14 bits per heavy atom. The van der Waals surface area contributed by atoms with E-state index in [4.69, 9.17) is 0 Å².